The number of aliphatic imine (C=N–C) groups is 1. The third-order valence-electron chi connectivity index (χ3n) is 6.60. The molecule has 0 saturated carbocycles. The zero-order valence-electron chi connectivity index (χ0n) is 21.7. The second-order valence-electron chi connectivity index (χ2n) is 9.44. The van der Waals surface area contributed by atoms with Crippen LogP contribution in [0.3, 0.4) is 0 Å². The fourth-order valence-corrected chi connectivity index (χ4v) is 5.08. The van der Waals surface area contributed by atoms with Crippen LogP contribution in [-0.2, 0) is 16.0 Å². The molecule has 0 aromatic heterocycles. The Kier molecular flexibility index (Phi) is 9.96. The van der Waals surface area contributed by atoms with Crippen molar-refractivity contribution in [3.05, 3.63) is 100 Å². The zero-order valence-corrected chi connectivity index (χ0v) is 23.3. The standard InChI is InChI=1S/C31H35BrN2O4/c1-2-3-9-19-33-30(36)31(22-23-11-5-4-6-12-23)28(26-13-7-8-14-27(26)32)38-29(34-31)24-15-17-25(18-16-24)37-21-10-20-35/h4-8,11-18,28,35H,2-3,9-10,19-22H2,1H3,(H,33,36)/t28-,31-/m1/s1. The van der Waals surface area contributed by atoms with Crippen molar-refractivity contribution in [2.24, 2.45) is 4.99 Å². The van der Waals surface area contributed by atoms with Crippen molar-refractivity contribution in [2.75, 3.05) is 19.8 Å². The zero-order chi connectivity index (χ0) is 26.8. The summed E-state index contributed by atoms with van der Waals surface area (Å²) in [5.41, 5.74) is 1.46. The molecule has 4 rings (SSSR count). The van der Waals surface area contributed by atoms with Crippen molar-refractivity contribution in [3.8, 4) is 5.75 Å². The Hall–Kier alpha value is -3.16. The van der Waals surface area contributed by atoms with Crippen LogP contribution in [-0.4, -0.2) is 42.2 Å². The predicted molar refractivity (Wildman–Crippen MR) is 154 cm³/mol. The summed E-state index contributed by atoms with van der Waals surface area (Å²) in [5, 5.41) is 12.2. The Bertz CT molecular complexity index is 1220. The lowest BCUT2D eigenvalue weighted by molar-refractivity contribution is -0.128. The number of rotatable bonds is 13. The Morgan fingerprint density at radius 1 is 1.03 bits per heavy atom. The number of aliphatic hydroxyl groups is 1. The molecule has 1 aliphatic rings. The van der Waals surface area contributed by atoms with Gasteiger partial charge in [0, 0.05) is 41.6 Å². The number of halogens is 1. The molecule has 0 bridgehead atoms. The summed E-state index contributed by atoms with van der Waals surface area (Å²) in [6.45, 7) is 3.27. The van der Waals surface area contributed by atoms with Gasteiger partial charge in [0.15, 0.2) is 11.6 Å². The topological polar surface area (TPSA) is 80.2 Å². The van der Waals surface area contributed by atoms with E-state index in [1.54, 1.807) is 0 Å². The average molecular weight is 580 g/mol. The van der Waals surface area contributed by atoms with Crippen LogP contribution in [0.15, 0.2) is 88.3 Å². The van der Waals surface area contributed by atoms with Gasteiger partial charge in [-0.2, -0.15) is 0 Å². The van der Waals surface area contributed by atoms with Crippen molar-refractivity contribution in [2.45, 2.75) is 50.7 Å². The SMILES string of the molecule is CCCCCNC(=O)[C@]1(Cc2ccccc2)N=C(c2ccc(OCCCO)cc2)O[C@@H]1c1ccccc1Br. The first-order valence-corrected chi connectivity index (χ1v) is 14.0. The number of hydrogen-bond acceptors (Lipinski definition) is 5. The van der Waals surface area contributed by atoms with Gasteiger partial charge in [-0.1, -0.05) is 84.2 Å². The number of ether oxygens (including phenoxy) is 2. The average Bonchev–Trinajstić information content (AvgIpc) is 3.32. The number of carbonyl (C=O) groups excluding carboxylic acids is 1. The normalized spacial score (nSPS) is 18.5. The molecular formula is C31H35BrN2O4. The second kappa shape index (κ2) is 13.6. The van der Waals surface area contributed by atoms with Crippen LogP contribution in [0.1, 0.15) is 55.4 Å². The Balaban J connectivity index is 1.74. The lowest BCUT2D eigenvalue weighted by Gasteiger charge is -2.31. The van der Waals surface area contributed by atoms with Crippen molar-refractivity contribution >= 4 is 27.7 Å². The highest BCUT2D eigenvalue weighted by Crippen LogP contribution is 2.44. The first kappa shape index (κ1) is 27.9. The second-order valence-corrected chi connectivity index (χ2v) is 10.3. The van der Waals surface area contributed by atoms with E-state index >= 15 is 0 Å². The molecule has 7 heteroatoms. The van der Waals surface area contributed by atoms with Crippen LogP contribution < -0.4 is 10.1 Å². The van der Waals surface area contributed by atoms with Crippen LogP contribution in [0, 0.1) is 0 Å². The Labute approximate surface area is 233 Å². The minimum atomic E-state index is -1.19. The summed E-state index contributed by atoms with van der Waals surface area (Å²) >= 11 is 3.68. The number of unbranched alkanes of at least 4 members (excludes halogenated alkanes) is 2. The summed E-state index contributed by atoms with van der Waals surface area (Å²) in [6, 6.07) is 25.3. The van der Waals surface area contributed by atoms with Crippen LogP contribution >= 0.6 is 15.9 Å². The van der Waals surface area contributed by atoms with E-state index in [1.807, 2.05) is 78.9 Å². The lowest BCUT2D eigenvalue weighted by Crippen LogP contribution is -2.50. The Morgan fingerprint density at radius 3 is 2.47 bits per heavy atom. The van der Waals surface area contributed by atoms with E-state index in [1.165, 1.54) is 0 Å². The number of carbonyl (C=O) groups is 1. The van der Waals surface area contributed by atoms with E-state index in [9.17, 15) is 4.79 Å². The van der Waals surface area contributed by atoms with Crippen molar-refractivity contribution < 1.29 is 19.4 Å². The molecule has 6 nitrogen and oxygen atoms in total. The molecular weight excluding hydrogens is 544 g/mol. The van der Waals surface area contributed by atoms with Gasteiger partial charge in [0.1, 0.15) is 5.75 Å². The number of nitrogens with zero attached hydrogens (tertiary/aromatic N) is 1. The molecule has 0 unspecified atom stereocenters. The summed E-state index contributed by atoms with van der Waals surface area (Å²) in [6.07, 6.45) is 3.39. The molecule has 1 aliphatic heterocycles. The van der Waals surface area contributed by atoms with Crippen molar-refractivity contribution in [3.63, 3.8) is 0 Å². The molecule has 3 aromatic carbocycles. The number of benzene rings is 3. The number of nitrogens with one attached hydrogen (secondary N) is 1. The monoisotopic (exact) mass is 578 g/mol. The van der Waals surface area contributed by atoms with Crippen molar-refractivity contribution in [1.82, 2.24) is 5.32 Å². The molecule has 3 aromatic rings. The third kappa shape index (κ3) is 6.63. The molecule has 0 saturated heterocycles. The molecule has 2 N–H and O–H groups in total. The van der Waals surface area contributed by atoms with Gasteiger partial charge in [-0.15, -0.1) is 0 Å². The minimum Gasteiger partial charge on any atom is -0.494 e. The number of aliphatic hydroxyl groups excluding tert-OH is 1. The summed E-state index contributed by atoms with van der Waals surface area (Å²) in [5.74, 6) is 0.983. The third-order valence-corrected chi connectivity index (χ3v) is 7.32. The van der Waals surface area contributed by atoms with Crippen LogP contribution in [0.5, 0.6) is 5.75 Å². The molecule has 200 valence electrons. The molecule has 0 radical (unpaired) electrons. The van der Waals surface area contributed by atoms with Crippen LogP contribution in [0.2, 0.25) is 0 Å². The highest BCUT2D eigenvalue weighted by molar-refractivity contribution is 9.10. The van der Waals surface area contributed by atoms with E-state index in [2.05, 4.69) is 28.2 Å². The Morgan fingerprint density at radius 2 is 1.76 bits per heavy atom. The summed E-state index contributed by atoms with van der Waals surface area (Å²) in [7, 11) is 0. The largest absolute Gasteiger partial charge is 0.494 e. The van der Waals surface area contributed by atoms with Crippen molar-refractivity contribution in [1.29, 1.82) is 0 Å². The van der Waals surface area contributed by atoms with Gasteiger partial charge in [-0.3, -0.25) is 4.79 Å². The molecule has 0 fully saturated rings. The first-order chi connectivity index (χ1) is 18.6. The fourth-order valence-electron chi connectivity index (χ4n) is 4.58. The van der Waals surface area contributed by atoms with Crippen LogP contribution in [0.25, 0.3) is 0 Å². The number of amides is 1. The van der Waals surface area contributed by atoms with E-state index in [4.69, 9.17) is 19.6 Å². The smallest absolute Gasteiger partial charge is 0.252 e. The van der Waals surface area contributed by atoms with E-state index in [0.717, 1.165) is 40.4 Å². The molecule has 0 spiro atoms. The van der Waals surface area contributed by atoms with E-state index in [0.29, 0.717) is 37.6 Å². The maximum atomic E-state index is 14.1. The quantitative estimate of drug-likeness (QED) is 0.243. The first-order valence-electron chi connectivity index (χ1n) is 13.2. The van der Waals surface area contributed by atoms with Gasteiger partial charge >= 0.3 is 0 Å². The molecule has 0 aliphatic carbocycles. The fraction of sp³-hybridized carbons (Fsp3) is 0.355. The molecule has 1 heterocycles. The van der Waals surface area contributed by atoms with Gasteiger partial charge in [0.05, 0.1) is 6.61 Å². The van der Waals surface area contributed by atoms with Gasteiger partial charge < -0.3 is 19.9 Å². The maximum absolute atomic E-state index is 14.1. The predicted octanol–water partition coefficient (Wildman–Crippen LogP) is 6.02. The summed E-state index contributed by atoms with van der Waals surface area (Å²) < 4.78 is 13.1. The van der Waals surface area contributed by atoms with E-state index in [-0.39, 0.29) is 12.5 Å². The lowest BCUT2D eigenvalue weighted by atomic mass is 9.82. The minimum absolute atomic E-state index is 0.0865. The molecule has 1 amide bonds. The highest BCUT2D eigenvalue weighted by Gasteiger charge is 2.53. The molecule has 38 heavy (non-hydrogen) atoms. The van der Waals surface area contributed by atoms with Gasteiger partial charge in [0.2, 0.25) is 5.90 Å². The van der Waals surface area contributed by atoms with Gasteiger partial charge in [-0.25, -0.2) is 4.99 Å². The van der Waals surface area contributed by atoms with Gasteiger partial charge in [-0.05, 0) is 42.3 Å². The number of hydrogen-bond donors (Lipinski definition) is 2. The van der Waals surface area contributed by atoms with E-state index < -0.39 is 11.6 Å². The molecule has 2 atom stereocenters. The highest BCUT2D eigenvalue weighted by atomic mass is 79.9. The maximum Gasteiger partial charge on any atom is 0.252 e. The van der Waals surface area contributed by atoms with Crippen LogP contribution in [0.4, 0.5) is 0 Å². The van der Waals surface area contributed by atoms with Gasteiger partial charge in [0.25, 0.3) is 5.91 Å². The summed E-state index contributed by atoms with van der Waals surface area (Å²) in [4.78, 5) is 19.1.